The molecule has 4 N–H and O–H groups in total. The average Bonchev–Trinajstić information content (AvgIpc) is 2.66. The lowest BCUT2D eigenvalue weighted by Gasteiger charge is -2.12. The van der Waals surface area contributed by atoms with Crippen molar-refractivity contribution in [3.05, 3.63) is 59.7 Å². The van der Waals surface area contributed by atoms with Crippen molar-refractivity contribution in [2.45, 2.75) is 10.6 Å². The molecule has 0 bridgehead atoms. The Morgan fingerprint density at radius 2 is 1.88 bits per heavy atom. The smallest absolute Gasteiger partial charge is 0.222 e. The van der Waals surface area contributed by atoms with Crippen molar-refractivity contribution < 1.29 is 4.74 Å². The minimum Gasteiger partial charge on any atom is -0.496 e. The summed E-state index contributed by atoms with van der Waals surface area (Å²) >= 11 is 1.72. The van der Waals surface area contributed by atoms with E-state index in [1.807, 2.05) is 42.5 Å². The summed E-state index contributed by atoms with van der Waals surface area (Å²) in [6.45, 7) is 0. The van der Waals surface area contributed by atoms with Gasteiger partial charge in [0.1, 0.15) is 23.2 Å². The van der Waals surface area contributed by atoms with Crippen molar-refractivity contribution in [3.8, 4) is 23.1 Å². The van der Waals surface area contributed by atoms with Crippen LogP contribution in [-0.2, 0) is 5.75 Å². The highest BCUT2D eigenvalue weighted by atomic mass is 32.2. The van der Waals surface area contributed by atoms with E-state index in [1.165, 1.54) is 4.90 Å². The van der Waals surface area contributed by atoms with Crippen molar-refractivity contribution in [3.63, 3.8) is 0 Å². The van der Waals surface area contributed by atoms with Gasteiger partial charge in [-0.3, -0.25) is 0 Å². The first kappa shape index (κ1) is 17.6. The number of nitrogens with zero attached hydrogens (tertiary/aromatic N) is 3. The van der Waals surface area contributed by atoms with Crippen LogP contribution in [0, 0.1) is 11.3 Å². The van der Waals surface area contributed by atoms with Gasteiger partial charge in [-0.1, -0.05) is 30.3 Å². The first-order valence-electron chi connectivity index (χ1n) is 7.80. The molecule has 0 aliphatic carbocycles. The Kier molecular flexibility index (Phi) is 5.25. The van der Waals surface area contributed by atoms with Crippen molar-refractivity contribution >= 4 is 23.5 Å². The summed E-state index contributed by atoms with van der Waals surface area (Å²) in [6.07, 6.45) is 0. The predicted molar refractivity (Wildman–Crippen MR) is 104 cm³/mol. The van der Waals surface area contributed by atoms with E-state index in [0.717, 1.165) is 11.3 Å². The number of methoxy groups -OCH3 is 1. The number of anilines is 2. The van der Waals surface area contributed by atoms with Gasteiger partial charge in [-0.2, -0.15) is 10.2 Å². The minimum absolute atomic E-state index is 0.0270. The van der Waals surface area contributed by atoms with Crippen LogP contribution in [0.5, 0.6) is 5.75 Å². The number of ether oxygens (including phenoxy) is 1. The van der Waals surface area contributed by atoms with Crippen molar-refractivity contribution in [1.29, 1.82) is 5.26 Å². The van der Waals surface area contributed by atoms with Crippen LogP contribution in [0.2, 0.25) is 0 Å². The summed E-state index contributed by atoms with van der Waals surface area (Å²) in [5.74, 6) is 1.56. The summed E-state index contributed by atoms with van der Waals surface area (Å²) in [6, 6.07) is 17.9. The van der Waals surface area contributed by atoms with E-state index in [4.69, 9.17) is 16.2 Å². The van der Waals surface area contributed by atoms with E-state index in [9.17, 15) is 5.26 Å². The normalized spacial score (nSPS) is 10.3. The van der Waals surface area contributed by atoms with Gasteiger partial charge >= 0.3 is 0 Å². The number of hydrogen-bond donors (Lipinski definition) is 2. The summed E-state index contributed by atoms with van der Waals surface area (Å²) in [4.78, 5) is 9.20. The molecule has 130 valence electrons. The van der Waals surface area contributed by atoms with Crippen molar-refractivity contribution in [1.82, 2.24) is 9.97 Å². The van der Waals surface area contributed by atoms with Gasteiger partial charge in [0.25, 0.3) is 0 Å². The maximum absolute atomic E-state index is 9.36. The SMILES string of the molecule is COc1cc(-c2nc(N)nc(N)c2C#N)ccc1CSc1ccccc1. The van der Waals surface area contributed by atoms with Gasteiger partial charge in [0, 0.05) is 21.8 Å². The standard InChI is InChI=1S/C19H17N5OS/c1-25-16-9-12(17-15(10-20)18(21)24-19(22)23-17)7-8-13(16)11-26-14-5-3-2-4-6-14/h2-9H,11H2,1H3,(H4,21,22,23,24). The second-order valence-corrected chi connectivity index (χ2v) is 6.48. The van der Waals surface area contributed by atoms with Crippen LogP contribution in [0.1, 0.15) is 11.1 Å². The zero-order valence-corrected chi connectivity index (χ0v) is 15.0. The van der Waals surface area contributed by atoms with E-state index in [1.54, 1.807) is 18.9 Å². The predicted octanol–water partition coefficient (Wildman–Crippen LogP) is 3.48. The molecule has 6 nitrogen and oxygen atoms in total. The van der Waals surface area contributed by atoms with Gasteiger partial charge < -0.3 is 16.2 Å². The van der Waals surface area contributed by atoms with Crippen LogP contribution in [0.25, 0.3) is 11.3 Å². The molecule has 1 heterocycles. The Bertz CT molecular complexity index is 970. The third kappa shape index (κ3) is 3.71. The molecule has 0 aliphatic heterocycles. The molecule has 0 unspecified atom stereocenters. The molecular weight excluding hydrogens is 346 g/mol. The molecule has 0 spiro atoms. The second-order valence-electron chi connectivity index (χ2n) is 5.43. The molecule has 3 aromatic rings. The highest BCUT2D eigenvalue weighted by Crippen LogP contribution is 2.33. The van der Waals surface area contributed by atoms with E-state index >= 15 is 0 Å². The molecule has 1 aromatic heterocycles. The molecule has 0 saturated carbocycles. The lowest BCUT2D eigenvalue weighted by atomic mass is 10.0. The molecule has 2 aromatic carbocycles. The number of hydrogen-bond acceptors (Lipinski definition) is 7. The third-order valence-corrected chi connectivity index (χ3v) is 4.82. The first-order valence-corrected chi connectivity index (χ1v) is 8.79. The maximum atomic E-state index is 9.36. The quantitative estimate of drug-likeness (QED) is 0.668. The van der Waals surface area contributed by atoms with E-state index in [-0.39, 0.29) is 17.3 Å². The number of benzene rings is 2. The fraction of sp³-hybridized carbons (Fsp3) is 0.105. The molecule has 0 aliphatic rings. The Hall–Kier alpha value is -3.24. The highest BCUT2D eigenvalue weighted by Gasteiger charge is 2.15. The molecule has 0 atom stereocenters. The summed E-state index contributed by atoms with van der Waals surface area (Å²) in [5.41, 5.74) is 13.8. The van der Waals surface area contributed by atoms with E-state index in [0.29, 0.717) is 17.0 Å². The summed E-state index contributed by atoms with van der Waals surface area (Å²) < 4.78 is 5.53. The zero-order valence-electron chi connectivity index (χ0n) is 14.1. The largest absolute Gasteiger partial charge is 0.496 e. The first-order chi connectivity index (χ1) is 12.6. The van der Waals surface area contributed by atoms with Crippen molar-refractivity contribution in [2.75, 3.05) is 18.6 Å². The highest BCUT2D eigenvalue weighted by molar-refractivity contribution is 7.98. The number of aromatic nitrogens is 2. The van der Waals surface area contributed by atoms with Crippen LogP contribution in [0.15, 0.2) is 53.4 Å². The molecule has 0 amide bonds. The van der Waals surface area contributed by atoms with Crippen molar-refractivity contribution in [2.24, 2.45) is 0 Å². The zero-order chi connectivity index (χ0) is 18.5. The van der Waals surface area contributed by atoms with Gasteiger partial charge in [0.2, 0.25) is 5.95 Å². The molecule has 0 saturated heterocycles. The molecule has 0 radical (unpaired) electrons. The van der Waals surface area contributed by atoms with Gasteiger partial charge in [0.05, 0.1) is 12.8 Å². The third-order valence-electron chi connectivity index (χ3n) is 3.76. The van der Waals surface area contributed by atoms with Crippen LogP contribution in [0.4, 0.5) is 11.8 Å². The molecule has 0 fully saturated rings. The minimum atomic E-state index is 0.0270. The Morgan fingerprint density at radius 3 is 2.58 bits per heavy atom. The summed E-state index contributed by atoms with van der Waals surface area (Å²) in [7, 11) is 1.61. The lowest BCUT2D eigenvalue weighted by molar-refractivity contribution is 0.411. The van der Waals surface area contributed by atoms with Crippen LogP contribution in [0.3, 0.4) is 0 Å². The van der Waals surface area contributed by atoms with Gasteiger partial charge in [-0.25, -0.2) is 4.98 Å². The van der Waals surface area contributed by atoms with Crippen LogP contribution < -0.4 is 16.2 Å². The fourth-order valence-electron chi connectivity index (χ4n) is 2.50. The number of thioether (sulfide) groups is 1. The number of nitriles is 1. The molecule has 3 rings (SSSR count). The van der Waals surface area contributed by atoms with E-state index in [2.05, 4.69) is 22.1 Å². The molecule has 26 heavy (non-hydrogen) atoms. The molecular formula is C19H17N5OS. The second kappa shape index (κ2) is 7.76. The molecule has 7 heteroatoms. The van der Waals surface area contributed by atoms with Gasteiger partial charge in [-0.05, 0) is 18.2 Å². The lowest BCUT2D eigenvalue weighted by Crippen LogP contribution is -2.05. The van der Waals surface area contributed by atoms with Crippen LogP contribution in [-0.4, -0.2) is 17.1 Å². The Labute approximate surface area is 155 Å². The fourth-order valence-corrected chi connectivity index (χ4v) is 3.41. The van der Waals surface area contributed by atoms with Crippen LogP contribution >= 0.6 is 11.8 Å². The van der Waals surface area contributed by atoms with Gasteiger partial charge in [-0.15, -0.1) is 11.8 Å². The Balaban J connectivity index is 1.94. The Morgan fingerprint density at radius 1 is 1.12 bits per heavy atom. The average molecular weight is 363 g/mol. The summed E-state index contributed by atoms with van der Waals surface area (Å²) in [5, 5.41) is 9.36. The van der Waals surface area contributed by atoms with E-state index < -0.39 is 0 Å². The maximum Gasteiger partial charge on any atom is 0.222 e. The number of nitrogen functional groups attached to an aromatic ring is 2. The topological polar surface area (TPSA) is 111 Å². The van der Waals surface area contributed by atoms with Gasteiger partial charge in [0.15, 0.2) is 0 Å². The number of rotatable bonds is 5. The number of nitrogens with two attached hydrogens (primary N) is 2. The monoisotopic (exact) mass is 363 g/mol.